The Kier molecular flexibility index (Phi) is 6.99. The molecule has 2 aromatic carbocycles. The molecule has 4 atom stereocenters. The van der Waals surface area contributed by atoms with Crippen molar-refractivity contribution >= 4 is 10.0 Å². The minimum Gasteiger partial charge on any atom is -0.395 e. The topological polar surface area (TPSA) is 81.1 Å². The van der Waals surface area contributed by atoms with Crippen molar-refractivity contribution in [1.82, 2.24) is 9.21 Å². The SMILES string of the molecule is C[C@H](O)C#Cc1ccc([C@H]2[C@@H](CO)N3CCCCN(S(=O)(=O)c4ccccc4)C[C@H]23)cc1. The maximum absolute atomic E-state index is 13.3. The molecule has 32 heavy (non-hydrogen) atoms. The van der Waals surface area contributed by atoms with E-state index in [9.17, 15) is 18.6 Å². The van der Waals surface area contributed by atoms with Crippen molar-refractivity contribution < 1.29 is 18.6 Å². The van der Waals surface area contributed by atoms with E-state index in [1.165, 1.54) is 0 Å². The van der Waals surface area contributed by atoms with Crippen LogP contribution in [0.1, 0.15) is 36.8 Å². The number of benzene rings is 2. The van der Waals surface area contributed by atoms with Crippen molar-refractivity contribution in [2.75, 3.05) is 26.2 Å². The first-order chi connectivity index (χ1) is 15.4. The van der Waals surface area contributed by atoms with Gasteiger partial charge in [-0.3, -0.25) is 4.90 Å². The van der Waals surface area contributed by atoms with Crippen LogP contribution in [0.4, 0.5) is 0 Å². The van der Waals surface area contributed by atoms with E-state index in [0.717, 1.165) is 30.5 Å². The van der Waals surface area contributed by atoms with Gasteiger partial charge in [0, 0.05) is 36.7 Å². The molecule has 0 spiro atoms. The number of aliphatic hydroxyl groups is 2. The number of hydrogen-bond acceptors (Lipinski definition) is 5. The summed E-state index contributed by atoms with van der Waals surface area (Å²) in [4.78, 5) is 2.58. The molecule has 0 radical (unpaired) electrons. The molecule has 2 N–H and O–H groups in total. The Morgan fingerprint density at radius 2 is 1.75 bits per heavy atom. The highest BCUT2D eigenvalue weighted by atomic mass is 32.2. The monoisotopic (exact) mass is 454 g/mol. The molecule has 0 aliphatic carbocycles. The van der Waals surface area contributed by atoms with E-state index in [4.69, 9.17) is 0 Å². The third-order valence-corrected chi connectivity index (χ3v) is 8.31. The molecule has 0 bridgehead atoms. The van der Waals surface area contributed by atoms with E-state index in [2.05, 4.69) is 16.7 Å². The Balaban J connectivity index is 1.60. The largest absolute Gasteiger partial charge is 0.395 e. The van der Waals surface area contributed by atoms with E-state index < -0.39 is 16.1 Å². The zero-order valence-electron chi connectivity index (χ0n) is 18.3. The summed E-state index contributed by atoms with van der Waals surface area (Å²) < 4.78 is 28.2. The van der Waals surface area contributed by atoms with Crippen molar-refractivity contribution in [3.8, 4) is 11.8 Å². The Morgan fingerprint density at radius 3 is 2.41 bits per heavy atom. The lowest BCUT2D eigenvalue weighted by Crippen LogP contribution is -2.67. The predicted molar refractivity (Wildman–Crippen MR) is 124 cm³/mol. The average Bonchev–Trinajstić information content (AvgIpc) is 2.78. The second kappa shape index (κ2) is 9.74. The molecule has 4 rings (SSSR count). The van der Waals surface area contributed by atoms with Gasteiger partial charge in [0.05, 0.1) is 11.5 Å². The number of aliphatic hydroxyl groups excluding tert-OH is 2. The number of hydrogen-bond donors (Lipinski definition) is 2. The van der Waals surface area contributed by atoms with Gasteiger partial charge in [0.2, 0.25) is 10.0 Å². The van der Waals surface area contributed by atoms with Crippen LogP contribution in [0.5, 0.6) is 0 Å². The number of fused-ring (bicyclic) bond motifs is 1. The van der Waals surface area contributed by atoms with Gasteiger partial charge < -0.3 is 10.2 Å². The minimum atomic E-state index is -3.57. The van der Waals surface area contributed by atoms with E-state index in [0.29, 0.717) is 18.0 Å². The lowest BCUT2D eigenvalue weighted by atomic mass is 9.74. The molecule has 0 saturated carbocycles. The van der Waals surface area contributed by atoms with Gasteiger partial charge in [-0.2, -0.15) is 4.31 Å². The van der Waals surface area contributed by atoms with Crippen LogP contribution < -0.4 is 0 Å². The number of nitrogens with zero attached hydrogens (tertiary/aromatic N) is 2. The highest BCUT2D eigenvalue weighted by molar-refractivity contribution is 7.89. The highest BCUT2D eigenvalue weighted by Gasteiger charge is 2.50. The second-order valence-electron chi connectivity index (χ2n) is 8.53. The summed E-state index contributed by atoms with van der Waals surface area (Å²) in [6.45, 7) is 3.44. The first-order valence-electron chi connectivity index (χ1n) is 11.1. The smallest absolute Gasteiger partial charge is 0.243 e. The van der Waals surface area contributed by atoms with Crippen LogP contribution in [-0.4, -0.2) is 72.3 Å². The zero-order chi connectivity index (χ0) is 22.7. The standard InChI is InChI=1S/C25H30N2O4S/c1-19(29)9-10-20-11-13-21(14-12-20)25-23-17-26(15-5-6-16-27(23)24(25)18-28)32(30,31)22-7-3-2-4-8-22/h2-4,7-8,11-14,19,23-25,28-29H,5-6,15-18H2,1H3/t19-,23+,24+,25+/m0/s1. The minimum absolute atomic E-state index is 0.0142. The van der Waals surface area contributed by atoms with Gasteiger partial charge in [0.1, 0.15) is 6.10 Å². The maximum Gasteiger partial charge on any atom is 0.243 e. The summed E-state index contributed by atoms with van der Waals surface area (Å²) >= 11 is 0. The molecule has 2 fully saturated rings. The van der Waals surface area contributed by atoms with E-state index >= 15 is 0 Å². The van der Waals surface area contributed by atoms with Crippen LogP contribution in [-0.2, 0) is 10.0 Å². The Hall–Kier alpha value is -2.21. The van der Waals surface area contributed by atoms with Crippen molar-refractivity contribution in [2.24, 2.45) is 0 Å². The predicted octanol–water partition coefficient (Wildman–Crippen LogP) is 2.03. The Morgan fingerprint density at radius 1 is 1.06 bits per heavy atom. The van der Waals surface area contributed by atoms with E-state index in [1.807, 2.05) is 30.3 Å². The molecule has 0 aromatic heterocycles. The zero-order valence-corrected chi connectivity index (χ0v) is 19.1. The van der Waals surface area contributed by atoms with Gasteiger partial charge in [0.25, 0.3) is 0 Å². The molecule has 2 aliphatic heterocycles. The van der Waals surface area contributed by atoms with Crippen molar-refractivity contribution in [3.05, 3.63) is 65.7 Å². The van der Waals surface area contributed by atoms with Crippen LogP contribution in [0.25, 0.3) is 0 Å². The molecule has 2 saturated heterocycles. The molecule has 6 nitrogen and oxygen atoms in total. The number of rotatable bonds is 4. The molecule has 7 heteroatoms. The first kappa shape index (κ1) is 23.0. The third kappa shape index (κ3) is 4.61. The van der Waals surface area contributed by atoms with Crippen LogP contribution >= 0.6 is 0 Å². The van der Waals surface area contributed by atoms with Gasteiger partial charge >= 0.3 is 0 Å². The fourth-order valence-electron chi connectivity index (χ4n) is 4.85. The number of sulfonamides is 1. The van der Waals surface area contributed by atoms with Gasteiger partial charge in [-0.25, -0.2) is 8.42 Å². The fourth-order valence-corrected chi connectivity index (χ4v) is 6.36. The molecule has 2 aliphatic rings. The molecule has 2 heterocycles. The quantitative estimate of drug-likeness (QED) is 0.691. The van der Waals surface area contributed by atoms with Crippen molar-refractivity contribution in [2.45, 2.75) is 48.8 Å². The van der Waals surface area contributed by atoms with Crippen LogP contribution in [0.2, 0.25) is 0 Å². The summed E-state index contributed by atoms with van der Waals surface area (Å²) in [5.74, 6) is 5.73. The van der Waals surface area contributed by atoms with Crippen molar-refractivity contribution in [1.29, 1.82) is 0 Å². The van der Waals surface area contributed by atoms with Crippen LogP contribution in [0.15, 0.2) is 59.5 Å². The molecular formula is C25H30N2O4S. The van der Waals surface area contributed by atoms with Gasteiger partial charge in [-0.15, -0.1) is 0 Å². The molecular weight excluding hydrogens is 424 g/mol. The average molecular weight is 455 g/mol. The molecule has 0 amide bonds. The summed E-state index contributed by atoms with van der Waals surface area (Å²) in [5, 5.41) is 19.5. The van der Waals surface area contributed by atoms with Crippen molar-refractivity contribution in [3.63, 3.8) is 0 Å². The Labute approximate surface area is 190 Å². The third-order valence-electron chi connectivity index (χ3n) is 6.43. The molecule has 170 valence electrons. The normalized spacial score (nSPS) is 25.4. The lowest BCUT2D eigenvalue weighted by molar-refractivity contribution is -0.0553. The van der Waals surface area contributed by atoms with Gasteiger partial charge in [-0.1, -0.05) is 42.2 Å². The summed E-state index contributed by atoms with van der Waals surface area (Å²) in [6.07, 6.45) is 1.02. The fraction of sp³-hybridized carbons (Fsp3) is 0.440. The summed E-state index contributed by atoms with van der Waals surface area (Å²) in [7, 11) is -3.57. The van der Waals surface area contributed by atoms with E-state index in [-0.39, 0.29) is 24.6 Å². The first-order valence-corrected chi connectivity index (χ1v) is 12.6. The lowest BCUT2D eigenvalue weighted by Gasteiger charge is -2.57. The molecule has 2 aromatic rings. The van der Waals surface area contributed by atoms with E-state index in [1.54, 1.807) is 35.5 Å². The highest BCUT2D eigenvalue weighted by Crippen LogP contribution is 2.42. The summed E-state index contributed by atoms with van der Waals surface area (Å²) in [6, 6.07) is 16.5. The van der Waals surface area contributed by atoms with Crippen LogP contribution in [0, 0.1) is 11.8 Å². The Bertz CT molecular complexity index is 1070. The summed E-state index contributed by atoms with van der Waals surface area (Å²) in [5.41, 5.74) is 1.89. The maximum atomic E-state index is 13.3. The molecule has 0 unspecified atom stereocenters. The van der Waals surface area contributed by atoms with Crippen LogP contribution in [0.3, 0.4) is 0 Å². The van der Waals surface area contributed by atoms with Gasteiger partial charge in [-0.05, 0) is 56.1 Å². The second-order valence-corrected chi connectivity index (χ2v) is 10.5. The van der Waals surface area contributed by atoms with Gasteiger partial charge in [0.15, 0.2) is 0 Å².